The second-order valence-electron chi connectivity index (χ2n) is 4.26. The van der Waals surface area contributed by atoms with Gasteiger partial charge in [0, 0.05) is 12.6 Å². The fourth-order valence-corrected chi connectivity index (χ4v) is 2.38. The molecule has 1 aromatic rings. The molecule has 88 valence electrons. The minimum Gasteiger partial charge on any atom is -0.352 e. The number of hydrogen-bond acceptors (Lipinski definition) is 3. The van der Waals surface area contributed by atoms with Gasteiger partial charge in [0.05, 0.1) is 6.33 Å². The molecule has 1 aliphatic rings. The number of H-pyrrole nitrogens is 1. The number of halogens is 1. The topological polar surface area (TPSA) is 49.0 Å². The number of rotatable bonds is 1. The molecule has 5 heteroatoms. The van der Waals surface area contributed by atoms with E-state index in [1.807, 2.05) is 0 Å². The van der Waals surface area contributed by atoms with Crippen LogP contribution in [0.25, 0.3) is 0 Å². The van der Waals surface area contributed by atoms with Crippen molar-refractivity contribution in [1.29, 1.82) is 0 Å². The lowest BCUT2D eigenvalue weighted by Gasteiger charge is -2.28. The Hall–Kier alpha value is -1.03. The molecule has 2 heterocycles. The minimum absolute atomic E-state index is 0.205. The van der Waals surface area contributed by atoms with Crippen molar-refractivity contribution in [3.63, 3.8) is 0 Å². The average Bonchev–Trinajstić information content (AvgIpc) is 2.47. The van der Waals surface area contributed by atoms with Crippen LogP contribution in [0.15, 0.2) is 11.1 Å². The van der Waals surface area contributed by atoms with E-state index in [-0.39, 0.29) is 10.6 Å². The summed E-state index contributed by atoms with van der Waals surface area (Å²) in [4.78, 5) is 20.2. The summed E-state index contributed by atoms with van der Waals surface area (Å²) < 4.78 is 0. The van der Waals surface area contributed by atoms with Gasteiger partial charge in [-0.25, -0.2) is 4.98 Å². The Morgan fingerprint density at radius 1 is 1.50 bits per heavy atom. The maximum atomic E-state index is 11.4. The Bertz CT molecular complexity index is 418. The van der Waals surface area contributed by atoms with Crippen molar-refractivity contribution in [1.82, 2.24) is 9.97 Å². The van der Waals surface area contributed by atoms with E-state index in [1.165, 1.54) is 19.2 Å². The van der Waals surface area contributed by atoms with E-state index < -0.39 is 0 Å². The van der Waals surface area contributed by atoms with Gasteiger partial charge in [0.1, 0.15) is 5.02 Å². The van der Waals surface area contributed by atoms with E-state index >= 15 is 0 Å². The zero-order valence-electron chi connectivity index (χ0n) is 9.37. The summed E-state index contributed by atoms with van der Waals surface area (Å²) in [5, 5.41) is 0.205. The molecule has 0 saturated carbocycles. The van der Waals surface area contributed by atoms with Gasteiger partial charge in [-0.1, -0.05) is 24.4 Å². The third-order valence-electron chi connectivity index (χ3n) is 3.10. The standard InChI is InChI=1S/C11H16ClN3O/c1-8-5-3-2-4-6-15(8)10-9(12)11(16)14-7-13-10/h7-8H,2-6H2,1H3,(H,13,14,16). The fraction of sp³-hybridized carbons (Fsp3) is 0.636. The van der Waals surface area contributed by atoms with Gasteiger partial charge < -0.3 is 9.88 Å². The number of aromatic nitrogens is 2. The molecule has 1 fully saturated rings. The van der Waals surface area contributed by atoms with Crippen LogP contribution in [0, 0.1) is 0 Å². The zero-order valence-corrected chi connectivity index (χ0v) is 10.1. The molecule has 0 bridgehead atoms. The van der Waals surface area contributed by atoms with Gasteiger partial charge in [-0.05, 0) is 19.8 Å². The molecule has 1 atom stereocenters. The van der Waals surface area contributed by atoms with Gasteiger partial charge in [-0.2, -0.15) is 0 Å². The van der Waals surface area contributed by atoms with Crippen molar-refractivity contribution in [2.75, 3.05) is 11.4 Å². The summed E-state index contributed by atoms with van der Waals surface area (Å²) in [6, 6.07) is 0.397. The van der Waals surface area contributed by atoms with Crippen LogP contribution >= 0.6 is 11.6 Å². The van der Waals surface area contributed by atoms with Crippen molar-refractivity contribution >= 4 is 17.4 Å². The SMILES string of the molecule is CC1CCCCCN1c1nc[nH]c(=O)c1Cl. The molecular weight excluding hydrogens is 226 g/mol. The number of nitrogens with zero attached hydrogens (tertiary/aromatic N) is 2. The van der Waals surface area contributed by atoms with Gasteiger partial charge in [0.25, 0.3) is 5.56 Å². The highest BCUT2D eigenvalue weighted by Gasteiger charge is 2.21. The molecule has 1 N–H and O–H groups in total. The molecule has 2 rings (SSSR count). The van der Waals surface area contributed by atoms with Gasteiger partial charge in [-0.3, -0.25) is 4.79 Å². The summed E-state index contributed by atoms with van der Waals surface area (Å²) >= 11 is 6.00. The Kier molecular flexibility index (Phi) is 3.49. The number of aromatic amines is 1. The van der Waals surface area contributed by atoms with Crippen LogP contribution in [-0.2, 0) is 0 Å². The number of anilines is 1. The minimum atomic E-state index is -0.261. The van der Waals surface area contributed by atoms with Crippen molar-refractivity contribution in [3.8, 4) is 0 Å². The van der Waals surface area contributed by atoms with E-state index in [4.69, 9.17) is 11.6 Å². The molecule has 0 spiro atoms. The second kappa shape index (κ2) is 4.87. The third kappa shape index (κ3) is 2.21. The molecule has 0 aromatic carbocycles. The van der Waals surface area contributed by atoms with Gasteiger partial charge >= 0.3 is 0 Å². The van der Waals surface area contributed by atoms with Crippen molar-refractivity contribution < 1.29 is 0 Å². The Balaban J connectivity index is 2.34. The number of nitrogens with one attached hydrogen (secondary N) is 1. The quantitative estimate of drug-likeness (QED) is 0.820. The summed E-state index contributed by atoms with van der Waals surface area (Å²) in [5.74, 6) is 0.625. The van der Waals surface area contributed by atoms with E-state index in [0.717, 1.165) is 19.4 Å². The lowest BCUT2D eigenvalue weighted by atomic mass is 10.1. The summed E-state index contributed by atoms with van der Waals surface area (Å²) in [6.07, 6.45) is 6.15. The largest absolute Gasteiger partial charge is 0.352 e. The molecule has 1 unspecified atom stereocenters. The summed E-state index contributed by atoms with van der Waals surface area (Å²) in [6.45, 7) is 3.09. The number of hydrogen-bond donors (Lipinski definition) is 1. The molecule has 1 saturated heterocycles. The smallest absolute Gasteiger partial charge is 0.271 e. The van der Waals surface area contributed by atoms with Crippen LogP contribution in [0.4, 0.5) is 5.82 Å². The first-order chi connectivity index (χ1) is 7.70. The Morgan fingerprint density at radius 2 is 2.31 bits per heavy atom. The van der Waals surface area contributed by atoms with Crippen LogP contribution in [0.2, 0.25) is 5.02 Å². The van der Waals surface area contributed by atoms with E-state index in [1.54, 1.807) is 0 Å². The maximum absolute atomic E-state index is 11.4. The van der Waals surface area contributed by atoms with E-state index in [0.29, 0.717) is 11.9 Å². The van der Waals surface area contributed by atoms with Crippen LogP contribution in [0.3, 0.4) is 0 Å². The highest BCUT2D eigenvalue weighted by Crippen LogP contribution is 2.25. The predicted octanol–water partition coefficient (Wildman–Crippen LogP) is 2.19. The normalized spacial score (nSPS) is 21.9. The highest BCUT2D eigenvalue weighted by molar-refractivity contribution is 6.32. The second-order valence-corrected chi connectivity index (χ2v) is 4.64. The maximum Gasteiger partial charge on any atom is 0.271 e. The predicted molar refractivity (Wildman–Crippen MR) is 65.1 cm³/mol. The van der Waals surface area contributed by atoms with Gasteiger partial charge in [-0.15, -0.1) is 0 Å². The van der Waals surface area contributed by atoms with Crippen LogP contribution in [-0.4, -0.2) is 22.6 Å². The van der Waals surface area contributed by atoms with E-state index in [2.05, 4.69) is 21.8 Å². The third-order valence-corrected chi connectivity index (χ3v) is 3.44. The molecule has 4 nitrogen and oxygen atoms in total. The Morgan fingerprint density at radius 3 is 3.12 bits per heavy atom. The van der Waals surface area contributed by atoms with Crippen molar-refractivity contribution in [2.45, 2.75) is 38.6 Å². The van der Waals surface area contributed by atoms with Gasteiger partial charge in [0.2, 0.25) is 0 Å². The highest BCUT2D eigenvalue weighted by atomic mass is 35.5. The first-order valence-corrected chi connectivity index (χ1v) is 6.08. The van der Waals surface area contributed by atoms with Gasteiger partial charge in [0.15, 0.2) is 5.82 Å². The van der Waals surface area contributed by atoms with Crippen LogP contribution < -0.4 is 10.5 Å². The zero-order chi connectivity index (χ0) is 11.5. The first-order valence-electron chi connectivity index (χ1n) is 5.70. The molecule has 1 aliphatic heterocycles. The van der Waals surface area contributed by atoms with Crippen LogP contribution in [0.1, 0.15) is 32.6 Å². The van der Waals surface area contributed by atoms with Crippen molar-refractivity contribution in [3.05, 3.63) is 21.7 Å². The molecule has 0 aliphatic carbocycles. The average molecular weight is 242 g/mol. The molecule has 0 radical (unpaired) electrons. The fourth-order valence-electron chi connectivity index (χ4n) is 2.16. The molecule has 1 aromatic heterocycles. The first kappa shape index (κ1) is 11.5. The molecule has 0 amide bonds. The lowest BCUT2D eigenvalue weighted by Crippen LogP contribution is -2.34. The van der Waals surface area contributed by atoms with Crippen LogP contribution in [0.5, 0.6) is 0 Å². The molecule has 16 heavy (non-hydrogen) atoms. The summed E-state index contributed by atoms with van der Waals surface area (Å²) in [7, 11) is 0. The summed E-state index contributed by atoms with van der Waals surface area (Å²) in [5.41, 5.74) is -0.261. The lowest BCUT2D eigenvalue weighted by molar-refractivity contribution is 0.610. The Labute approximate surface area is 99.6 Å². The molecular formula is C11H16ClN3O. The van der Waals surface area contributed by atoms with E-state index in [9.17, 15) is 4.79 Å². The van der Waals surface area contributed by atoms with Crippen molar-refractivity contribution in [2.24, 2.45) is 0 Å². The monoisotopic (exact) mass is 241 g/mol.